The molecular weight excluding hydrogens is 484 g/mol. The first-order chi connectivity index (χ1) is 18.1. The Bertz CT molecular complexity index is 1100. The van der Waals surface area contributed by atoms with E-state index >= 15 is 0 Å². The van der Waals surface area contributed by atoms with E-state index in [4.69, 9.17) is 0 Å². The van der Waals surface area contributed by atoms with Crippen LogP contribution in [0.25, 0.3) is 10.2 Å². The molecule has 202 valence electrons. The van der Waals surface area contributed by atoms with Crippen LogP contribution < -0.4 is 10.6 Å². The summed E-state index contributed by atoms with van der Waals surface area (Å²) in [5.41, 5.74) is 1.81. The number of thiazole rings is 1. The highest BCUT2D eigenvalue weighted by Gasteiger charge is 2.23. The van der Waals surface area contributed by atoms with Crippen molar-refractivity contribution in [2.24, 2.45) is 0 Å². The SMILES string of the molecule is CCCCCCCCCCCCCCCCNc1ncnc(Nc2nc3c(C)cccc3s2)c1[N+](=O)[O-]. The lowest BCUT2D eigenvalue weighted by atomic mass is 10.0. The maximum atomic E-state index is 11.8. The highest BCUT2D eigenvalue weighted by atomic mass is 32.1. The third kappa shape index (κ3) is 9.54. The summed E-state index contributed by atoms with van der Waals surface area (Å²) in [5, 5.41) is 18.6. The van der Waals surface area contributed by atoms with Gasteiger partial charge in [0.15, 0.2) is 5.13 Å². The average molecular weight is 527 g/mol. The zero-order valence-corrected chi connectivity index (χ0v) is 23.2. The topological polar surface area (TPSA) is 106 Å². The van der Waals surface area contributed by atoms with Crippen molar-refractivity contribution in [2.75, 3.05) is 17.2 Å². The van der Waals surface area contributed by atoms with E-state index < -0.39 is 4.92 Å². The van der Waals surface area contributed by atoms with E-state index in [0.29, 0.717) is 11.7 Å². The summed E-state index contributed by atoms with van der Waals surface area (Å²) in [6.07, 6.45) is 19.6. The first kappa shape index (κ1) is 28.8. The summed E-state index contributed by atoms with van der Waals surface area (Å²) in [6, 6.07) is 5.97. The second-order valence-corrected chi connectivity index (χ2v) is 10.8. The van der Waals surface area contributed by atoms with Crippen molar-refractivity contribution < 1.29 is 4.92 Å². The van der Waals surface area contributed by atoms with E-state index in [1.807, 2.05) is 25.1 Å². The predicted molar refractivity (Wildman–Crippen MR) is 155 cm³/mol. The number of hydrogen-bond acceptors (Lipinski definition) is 8. The fourth-order valence-corrected chi connectivity index (χ4v) is 5.48. The number of nitrogens with one attached hydrogen (secondary N) is 2. The molecule has 0 aliphatic heterocycles. The van der Waals surface area contributed by atoms with Gasteiger partial charge in [-0.15, -0.1) is 0 Å². The first-order valence-corrected chi connectivity index (χ1v) is 14.8. The van der Waals surface area contributed by atoms with Gasteiger partial charge in [0, 0.05) is 6.54 Å². The number of anilines is 3. The Morgan fingerprint density at radius 1 is 0.865 bits per heavy atom. The van der Waals surface area contributed by atoms with Gasteiger partial charge in [-0.1, -0.05) is 114 Å². The Kier molecular flexibility index (Phi) is 12.5. The molecule has 2 aromatic heterocycles. The van der Waals surface area contributed by atoms with Crippen LogP contribution in [-0.4, -0.2) is 26.4 Å². The van der Waals surface area contributed by atoms with Gasteiger partial charge in [0.2, 0.25) is 11.6 Å². The van der Waals surface area contributed by atoms with E-state index in [1.54, 1.807) is 0 Å². The average Bonchev–Trinajstić information content (AvgIpc) is 3.30. The van der Waals surface area contributed by atoms with Crippen LogP contribution in [0.2, 0.25) is 0 Å². The quantitative estimate of drug-likeness (QED) is 0.0912. The molecule has 0 aliphatic rings. The molecule has 0 bridgehead atoms. The van der Waals surface area contributed by atoms with Gasteiger partial charge in [-0.3, -0.25) is 10.1 Å². The van der Waals surface area contributed by atoms with Gasteiger partial charge in [0.1, 0.15) is 6.33 Å². The van der Waals surface area contributed by atoms with E-state index in [1.165, 1.54) is 94.7 Å². The molecule has 0 atom stereocenters. The minimum atomic E-state index is -0.436. The Hall–Kier alpha value is -2.81. The van der Waals surface area contributed by atoms with Crippen molar-refractivity contribution in [3.8, 4) is 0 Å². The third-order valence-corrected chi connectivity index (χ3v) is 7.61. The van der Waals surface area contributed by atoms with Crippen molar-refractivity contribution >= 4 is 44.0 Å². The van der Waals surface area contributed by atoms with Crippen LogP contribution in [0.5, 0.6) is 0 Å². The molecule has 2 heterocycles. The Morgan fingerprint density at radius 2 is 1.46 bits per heavy atom. The zero-order chi connectivity index (χ0) is 26.3. The largest absolute Gasteiger partial charge is 0.364 e. The molecule has 0 spiro atoms. The van der Waals surface area contributed by atoms with E-state index in [9.17, 15) is 10.1 Å². The van der Waals surface area contributed by atoms with Crippen LogP contribution in [0.4, 0.5) is 22.5 Å². The van der Waals surface area contributed by atoms with E-state index in [0.717, 1.165) is 28.6 Å². The molecule has 0 unspecified atom stereocenters. The van der Waals surface area contributed by atoms with Gasteiger partial charge in [0.25, 0.3) is 0 Å². The van der Waals surface area contributed by atoms with Crippen molar-refractivity contribution in [3.05, 3.63) is 40.2 Å². The summed E-state index contributed by atoms with van der Waals surface area (Å²) < 4.78 is 1.02. The number of para-hydroxylation sites is 1. The van der Waals surface area contributed by atoms with Gasteiger partial charge in [0.05, 0.1) is 15.1 Å². The maximum Gasteiger partial charge on any atom is 0.353 e. The molecule has 0 amide bonds. The number of benzene rings is 1. The number of fused-ring (bicyclic) bond motifs is 1. The number of unbranched alkanes of at least 4 members (excludes halogenated alkanes) is 13. The monoisotopic (exact) mass is 526 g/mol. The third-order valence-electron chi connectivity index (χ3n) is 6.67. The predicted octanol–water partition coefficient (Wildman–Crippen LogP) is 8.94. The van der Waals surface area contributed by atoms with Crippen LogP contribution in [0.1, 0.15) is 102 Å². The number of aromatic nitrogens is 3. The maximum absolute atomic E-state index is 11.8. The molecule has 2 N–H and O–H groups in total. The van der Waals surface area contributed by atoms with Gasteiger partial charge < -0.3 is 10.6 Å². The molecule has 3 aromatic rings. The van der Waals surface area contributed by atoms with Gasteiger partial charge in [-0.05, 0) is 25.0 Å². The number of nitro groups is 1. The molecule has 37 heavy (non-hydrogen) atoms. The van der Waals surface area contributed by atoms with Crippen LogP contribution >= 0.6 is 11.3 Å². The molecule has 3 rings (SSSR count). The lowest BCUT2D eigenvalue weighted by molar-refractivity contribution is -0.383. The van der Waals surface area contributed by atoms with Crippen LogP contribution in [0.15, 0.2) is 24.5 Å². The summed E-state index contributed by atoms with van der Waals surface area (Å²) in [6.45, 7) is 4.91. The summed E-state index contributed by atoms with van der Waals surface area (Å²) in [7, 11) is 0. The Labute approximate surface area is 224 Å². The normalized spacial score (nSPS) is 11.2. The zero-order valence-electron chi connectivity index (χ0n) is 22.4. The van der Waals surface area contributed by atoms with Crippen molar-refractivity contribution in [2.45, 2.75) is 104 Å². The minimum Gasteiger partial charge on any atom is -0.364 e. The van der Waals surface area contributed by atoms with Crippen molar-refractivity contribution in [1.29, 1.82) is 0 Å². The summed E-state index contributed by atoms with van der Waals surface area (Å²) in [4.78, 5) is 24.3. The number of rotatable bonds is 19. The Balaban J connectivity index is 1.35. The lowest BCUT2D eigenvalue weighted by Gasteiger charge is -2.09. The molecule has 0 saturated heterocycles. The Morgan fingerprint density at radius 3 is 2.05 bits per heavy atom. The molecule has 0 radical (unpaired) electrons. The molecular formula is C28H42N6O2S. The standard InChI is InChI=1S/C28H42N6O2S/c1-3-4-5-6-7-8-9-10-11-12-13-14-15-16-20-29-26-25(34(35)36)27(31-21-30-26)33-28-32-24-22(2)18-17-19-23(24)37-28/h17-19,21H,3-16,20H2,1-2H3,(H2,29,30,31,32,33). The van der Waals surface area contributed by atoms with Gasteiger partial charge in [-0.2, -0.15) is 0 Å². The van der Waals surface area contributed by atoms with E-state index in [2.05, 4.69) is 32.5 Å². The minimum absolute atomic E-state index is 0.149. The second kappa shape index (κ2) is 16.1. The highest BCUT2D eigenvalue weighted by Crippen LogP contribution is 2.34. The van der Waals surface area contributed by atoms with Crippen molar-refractivity contribution in [1.82, 2.24) is 15.0 Å². The molecule has 9 heteroatoms. The molecule has 0 fully saturated rings. The summed E-state index contributed by atoms with van der Waals surface area (Å²) in [5.74, 6) is 0.398. The molecule has 1 aromatic carbocycles. The highest BCUT2D eigenvalue weighted by molar-refractivity contribution is 7.22. The number of aryl methyl sites for hydroxylation is 1. The molecule has 8 nitrogen and oxygen atoms in total. The van der Waals surface area contributed by atoms with Gasteiger partial charge in [-0.25, -0.2) is 15.0 Å². The molecule has 0 aliphatic carbocycles. The fraction of sp³-hybridized carbons (Fsp3) is 0.607. The van der Waals surface area contributed by atoms with Crippen molar-refractivity contribution in [3.63, 3.8) is 0 Å². The number of nitrogens with zero attached hydrogens (tertiary/aromatic N) is 4. The van der Waals surface area contributed by atoms with E-state index in [-0.39, 0.29) is 17.3 Å². The molecule has 0 saturated carbocycles. The van der Waals surface area contributed by atoms with Crippen LogP contribution in [-0.2, 0) is 0 Å². The first-order valence-electron chi connectivity index (χ1n) is 14.0. The van der Waals surface area contributed by atoms with Crippen LogP contribution in [0, 0.1) is 17.0 Å². The second-order valence-electron chi connectivity index (χ2n) is 9.77. The lowest BCUT2D eigenvalue weighted by Crippen LogP contribution is -2.09. The smallest absolute Gasteiger partial charge is 0.353 e. The van der Waals surface area contributed by atoms with Crippen LogP contribution in [0.3, 0.4) is 0 Å². The summed E-state index contributed by atoms with van der Waals surface area (Å²) >= 11 is 1.45. The fourth-order valence-electron chi connectivity index (χ4n) is 4.54. The van der Waals surface area contributed by atoms with Gasteiger partial charge >= 0.3 is 5.69 Å². The number of hydrogen-bond donors (Lipinski definition) is 2.